The minimum Gasteiger partial charge on any atom is -0.432 e. The van der Waals surface area contributed by atoms with Crippen LogP contribution in [-0.2, 0) is 24.7 Å². The Morgan fingerprint density at radius 3 is 2.59 bits per heavy atom. The molecule has 2 aromatic rings. The van der Waals surface area contributed by atoms with Crippen molar-refractivity contribution in [1.29, 1.82) is 0 Å². The number of likely N-dealkylation sites (tertiary alicyclic amines) is 1. The lowest BCUT2D eigenvalue weighted by Crippen LogP contribution is -2.46. The summed E-state index contributed by atoms with van der Waals surface area (Å²) in [6.07, 6.45) is 3.29. The van der Waals surface area contributed by atoms with Crippen molar-refractivity contribution >= 4 is 43.6 Å². The van der Waals surface area contributed by atoms with Gasteiger partial charge in [0.25, 0.3) is 5.91 Å². The van der Waals surface area contributed by atoms with E-state index < -0.39 is 31.5 Å². The van der Waals surface area contributed by atoms with Crippen molar-refractivity contribution in [2.45, 2.75) is 62.6 Å². The number of fused-ring (bicyclic) bond motifs is 2. The van der Waals surface area contributed by atoms with E-state index in [4.69, 9.17) is 4.74 Å². The maximum Gasteiger partial charge on any atom is 0.264 e. The Bertz CT molecular complexity index is 1330. The van der Waals surface area contributed by atoms with Crippen LogP contribution in [-0.4, -0.2) is 73.2 Å². The van der Waals surface area contributed by atoms with Crippen molar-refractivity contribution in [2.24, 2.45) is 5.92 Å². The fraction of sp³-hybridized carbons (Fsp3) is 0.452. The van der Waals surface area contributed by atoms with Gasteiger partial charge in [0, 0.05) is 41.5 Å². The topological polar surface area (TPSA) is 111 Å². The van der Waals surface area contributed by atoms with Crippen molar-refractivity contribution < 1.29 is 29.0 Å². The van der Waals surface area contributed by atoms with Gasteiger partial charge in [-0.1, -0.05) is 31.2 Å². The SMILES string of the molecule is C=CCN1C(=O)[C@]2(O[C@H](CC(=O)N3CCC[C@H]3CO)[C@@H]([Si](C)(C)O)[C@@H]2C)c2cc(N(C=O)c3ccccc3)ccc21. The molecule has 0 unspecified atom stereocenters. The second kappa shape index (κ2) is 11.2. The molecular formula is C31H39N3O6Si. The molecule has 5 atom stereocenters. The van der Waals surface area contributed by atoms with Crippen molar-refractivity contribution in [2.75, 3.05) is 29.5 Å². The van der Waals surface area contributed by atoms with Crippen molar-refractivity contribution in [3.05, 3.63) is 66.7 Å². The summed E-state index contributed by atoms with van der Waals surface area (Å²) in [6, 6.07) is 14.4. The summed E-state index contributed by atoms with van der Waals surface area (Å²) in [4.78, 5) is 56.5. The van der Waals surface area contributed by atoms with E-state index in [1.807, 2.05) is 62.5 Å². The summed E-state index contributed by atoms with van der Waals surface area (Å²) in [5.74, 6) is -0.850. The molecule has 3 aliphatic rings. The molecule has 5 rings (SSSR count). The van der Waals surface area contributed by atoms with Gasteiger partial charge in [-0.3, -0.25) is 19.3 Å². The van der Waals surface area contributed by atoms with Crippen LogP contribution in [0.2, 0.25) is 18.6 Å². The number of rotatable bonds is 9. The first kappa shape index (κ1) is 29.2. The van der Waals surface area contributed by atoms with E-state index >= 15 is 0 Å². The molecule has 10 heteroatoms. The number of ether oxygens (including phenoxy) is 1. The molecule has 3 aliphatic heterocycles. The minimum absolute atomic E-state index is 0.0124. The number of para-hydroxylation sites is 1. The number of hydrogen-bond donors (Lipinski definition) is 2. The Labute approximate surface area is 242 Å². The molecule has 41 heavy (non-hydrogen) atoms. The van der Waals surface area contributed by atoms with E-state index in [1.165, 1.54) is 4.90 Å². The number of carbonyl (C=O) groups excluding carboxylic acids is 3. The van der Waals surface area contributed by atoms with Gasteiger partial charge in [-0.05, 0) is 56.3 Å². The summed E-state index contributed by atoms with van der Waals surface area (Å²) in [5.41, 5.74) is 0.675. The van der Waals surface area contributed by atoms with E-state index in [2.05, 4.69) is 6.58 Å². The number of aliphatic hydroxyl groups is 1. The summed E-state index contributed by atoms with van der Waals surface area (Å²) in [5, 5.41) is 9.79. The molecule has 0 radical (unpaired) electrons. The Morgan fingerprint density at radius 2 is 1.95 bits per heavy atom. The van der Waals surface area contributed by atoms with E-state index in [9.17, 15) is 24.3 Å². The van der Waals surface area contributed by atoms with Crippen LogP contribution in [0.25, 0.3) is 0 Å². The third-order valence-corrected chi connectivity index (χ3v) is 11.5. The largest absolute Gasteiger partial charge is 0.432 e. The summed E-state index contributed by atoms with van der Waals surface area (Å²) < 4.78 is 6.78. The molecule has 1 spiro atoms. The first-order valence-electron chi connectivity index (χ1n) is 14.3. The van der Waals surface area contributed by atoms with Gasteiger partial charge in [-0.15, -0.1) is 6.58 Å². The lowest BCUT2D eigenvalue weighted by atomic mass is 9.82. The van der Waals surface area contributed by atoms with E-state index in [1.54, 1.807) is 21.9 Å². The highest BCUT2D eigenvalue weighted by atomic mass is 28.4. The highest BCUT2D eigenvalue weighted by Crippen LogP contribution is 2.60. The minimum atomic E-state index is -2.96. The summed E-state index contributed by atoms with van der Waals surface area (Å²) in [6.45, 7) is 10.1. The lowest BCUT2D eigenvalue weighted by molar-refractivity contribution is -0.149. The molecule has 0 bridgehead atoms. The fourth-order valence-electron chi connectivity index (χ4n) is 7.23. The maximum absolute atomic E-state index is 14.3. The smallest absolute Gasteiger partial charge is 0.264 e. The molecule has 218 valence electrons. The average molecular weight is 578 g/mol. The van der Waals surface area contributed by atoms with Crippen LogP contribution in [0.5, 0.6) is 0 Å². The van der Waals surface area contributed by atoms with E-state index in [-0.39, 0.29) is 37.4 Å². The van der Waals surface area contributed by atoms with Gasteiger partial charge >= 0.3 is 0 Å². The number of benzene rings is 2. The third kappa shape index (κ3) is 4.82. The molecule has 0 aliphatic carbocycles. The predicted molar refractivity (Wildman–Crippen MR) is 159 cm³/mol. The third-order valence-electron chi connectivity index (χ3n) is 8.98. The fourth-order valence-corrected chi connectivity index (χ4v) is 9.78. The normalized spacial score (nSPS) is 27.4. The number of carbonyl (C=O) groups is 3. The zero-order valence-corrected chi connectivity index (χ0v) is 24.9. The zero-order valence-electron chi connectivity index (χ0n) is 23.9. The predicted octanol–water partition coefficient (Wildman–Crippen LogP) is 3.68. The second-order valence-electron chi connectivity index (χ2n) is 11.8. The molecule has 0 saturated carbocycles. The molecule has 3 heterocycles. The molecular weight excluding hydrogens is 538 g/mol. The highest BCUT2D eigenvalue weighted by molar-refractivity contribution is 6.71. The Balaban J connectivity index is 1.59. The molecule has 2 saturated heterocycles. The molecule has 2 fully saturated rings. The van der Waals surface area contributed by atoms with Crippen molar-refractivity contribution in [3.63, 3.8) is 0 Å². The van der Waals surface area contributed by atoms with Gasteiger partial charge in [0.15, 0.2) is 13.9 Å². The van der Waals surface area contributed by atoms with Crippen LogP contribution >= 0.6 is 0 Å². The molecule has 3 amide bonds. The van der Waals surface area contributed by atoms with Crippen LogP contribution in [0.4, 0.5) is 17.1 Å². The Kier molecular flexibility index (Phi) is 7.95. The number of hydrogen-bond acceptors (Lipinski definition) is 6. The van der Waals surface area contributed by atoms with Gasteiger partial charge in [0.2, 0.25) is 12.3 Å². The summed E-state index contributed by atoms with van der Waals surface area (Å²) in [7, 11) is -2.96. The van der Waals surface area contributed by atoms with Gasteiger partial charge in [0.1, 0.15) is 0 Å². The average Bonchev–Trinajstić information content (AvgIpc) is 3.60. The van der Waals surface area contributed by atoms with E-state index in [0.717, 1.165) is 19.3 Å². The first-order chi connectivity index (χ1) is 19.6. The van der Waals surface area contributed by atoms with Crippen LogP contribution in [0.15, 0.2) is 61.2 Å². The van der Waals surface area contributed by atoms with Gasteiger partial charge in [0.05, 0.1) is 30.9 Å². The van der Waals surface area contributed by atoms with Crippen molar-refractivity contribution in [1.82, 2.24) is 4.90 Å². The van der Waals surface area contributed by atoms with E-state index in [0.29, 0.717) is 29.2 Å². The number of aliphatic hydroxyl groups excluding tert-OH is 1. The van der Waals surface area contributed by atoms with Gasteiger partial charge in [-0.25, -0.2) is 0 Å². The molecule has 9 nitrogen and oxygen atoms in total. The number of nitrogens with zero attached hydrogens (tertiary/aromatic N) is 3. The zero-order chi connectivity index (χ0) is 29.5. The lowest BCUT2D eigenvalue weighted by Gasteiger charge is -2.33. The van der Waals surface area contributed by atoms with Crippen LogP contribution in [0.1, 0.15) is 31.7 Å². The van der Waals surface area contributed by atoms with Crippen molar-refractivity contribution in [3.8, 4) is 0 Å². The molecule has 0 aromatic heterocycles. The standard InChI is InChI=1S/C31H39N3O6Si/c1-5-15-33-26-14-13-23(34(20-36)22-10-7-6-8-11-22)17-25(26)31(30(33)38)21(2)29(41(3,4)39)27(40-31)18-28(37)32-16-9-12-24(32)19-35/h5-8,10-11,13-14,17,20-21,24,27,29,35,39H,1,9,12,15-16,18-19H2,2-4H3/t21-,24-,27+,29-,31+/m0/s1. The van der Waals surface area contributed by atoms with Gasteiger partial charge in [-0.2, -0.15) is 0 Å². The van der Waals surface area contributed by atoms with Crippen LogP contribution in [0.3, 0.4) is 0 Å². The van der Waals surface area contributed by atoms with Crippen LogP contribution in [0, 0.1) is 5.92 Å². The second-order valence-corrected chi connectivity index (χ2v) is 15.8. The highest BCUT2D eigenvalue weighted by Gasteiger charge is 2.66. The molecule has 2 N–H and O–H groups in total. The van der Waals surface area contributed by atoms with Gasteiger partial charge < -0.3 is 24.4 Å². The monoisotopic (exact) mass is 577 g/mol. The Hall–Kier alpha value is -3.31. The Morgan fingerprint density at radius 1 is 1.22 bits per heavy atom. The quantitative estimate of drug-likeness (QED) is 0.267. The number of amides is 3. The first-order valence-corrected chi connectivity index (χ1v) is 17.3. The maximum atomic E-state index is 14.3. The number of anilines is 3. The summed E-state index contributed by atoms with van der Waals surface area (Å²) >= 11 is 0. The molecule has 2 aromatic carbocycles. The van der Waals surface area contributed by atoms with Crippen LogP contribution < -0.4 is 9.80 Å².